The maximum Gasteiger partial charge on any atom is 0.294 e. The quantitative estimate of drug-likeness (QED) is 0.0310. The molecule has 3 aromatic carbocycles. The van der Waals surface area contributed by atoms with Gasteiger partial charge in [-0.3, -0.25) is 23.0 Å². The summed E-state index contributed by atoms with van der Waals surface area (Å²) in [6.07, 6.45) is 0.800. The van der Waals surface area contributed by atoms with Gasteiger partial charge in [0.2, 0.25) is 5.91 Å². The number of nitrogens with one attached hydrogen (secondary N) is 2. The molecule has 0 aliphatic rings. The first-order valence-electron chi connectivity index (χ1n) is 18.4. The number of hydrogen-bond donors (Lipinski definition) is 6. The molecule has 1 amide bonds. The third kappa shape index (κ3) is 14.6. The maximum atomic E-state index is 12.4. The Labute approximate surface area is 374 Å². The second kappa shape index (κ2) is 20.0. The molecule has 6 N–H and O–H groups in total. The lowest BCUT2D eigenvalue weighted by atomic mass is 9.90. The Morgan fingerprint density at radius 1 is 0.794 bits per heavy atom. The number of halogens is 2. The molecule has 0 spiro atoms. The van der Waals surface area contributed by atoms with Gasteiger partial charge in [0, 0.05) is 42.5 Å². The number of nitrogens with zero attached hydrogens (tertiary/aromatic N) is 6. The lowest BCUT2D eigenvalue weighted by Gasteiger charge is -2.26. The zero-order chi connectivity index (χ0) is 47.3. The number of nitriles is 1. The number of rotatable bonds is 19. The molecule has 0 radical (unpaired) electrons. The van der Waals surface area contributed by atoms with Crippen LogP contribution in [-0.2, 0) is 50.7 Å². The van der Waals surface area contributed by atoms with Crippen molar-refractivity contribution in [1.29, 1.82) is 5.26 Å². The van der Waals surface area contributed by atoms with E-state index in [9.17, 15) is 52.8 Å². The number of hydrogen-bond acceptors (Lipinski definition) is 15. The van der Waals surface area contributed by atoms with E-state index in [1.807, 2.05) is 0 Å². The van der Waals surface area contributed by atoms with E-state index in [0.29, 0.717) is 24.6 Å². The molecular weight excluding hydrogens is 952 g/mol. The van der Waals surface area contributed by atoms with Crippen molar-refractivity contribution in [3.05, 3.63) is 69.8 Å². The number of azo groups is 1. The topological polar surface area (TPSA) is 328 Å². The minimum Gasteiger partial charge on any atom is -0.371 e. The van der Waals surface area contributed by atoms with E-state index >= 15 is 0 Å². The third-order valence-corrected chi connectivity index (χ3v) is 12.6. The first-order chi connectivity index (χ1) is 29.0. The Kier molecular flexibility index (Phi) is 16.1. The summed E-state index contributed by atoms with van der Waals surface area (Å²) < 4.78 is 131. The van der Waals surface area contributed by atoms with E-state index < -0.39 is 73.1 Å². The highest BCUT2D eigenvalue weighted by atomic mass is 35.5. The normalized spacial score (nSPS) is 12.7. The first-order valence-corrected chi connectivity index (χ1v) is 25.2. The van der Waals surface area contributed by atoms with Crippen molar-refractivity contribution in [2.24, 2.45) is 10.2 Å². The summed E-state index contributed by atoms with van der Waals surface area (Å²) in [5.41, 5.74) is 0.0427. The molecule has 0 bridgehead atoms. The smallest absolute Gasteiger partial charge is 0.294 e. The largest absolute Gasteiger partial charge is 0.371 e. The molecule has 4 rings (SSSR count). The summed E-state index contributed by atoms with van der Waals surface area (Å²) in [4.78, 5) is 12.5. The molecule has 21 nitrogen and oxygen atoms in total. The van der Waals surface area contributed by atoms with Gasteiger partial charge < -0.3 is 15.5 Å². The molecule has 0 saturated heterocycles. The van der Waals surface area contributed by atoms with Gasteiger partial charge in [0.1, 0.15) is 23.0 Å². The fourth-order valence-corrected chi connectivity index (χ4v) is 8.94. The van der Waals surface area contributed by atoms with Crippen LogP contribution in [0.2, 0.25) is 10.0 Å². The van der Waals surface area contributed by atoms with Crippen LogP contribution in [0.1, 0.15) is 64.6 Å². The van der Waals surface area contributed by atoms with E-state index in [4.69, 9.17) is 32.3 Å². The van der Waals surface area contributed by atoms with Crippen LogP contribution in [0.25, 0.3) is 5.69 Å². The van der Waals surface area contributed by atoms with E-state index in [2.05, 4.69) is 32.0 Å². The highest BCUT2D eigenvalue weighted by Gasteiger charge is 2.30. The molecule has 0 saturated carbocycles. The second-order valence-corrected chi connectivity index (χ2v) is 21.7. The lowest BCUT2D eigenvalue weighted by Crippen LogP contribution is -2.26. The SMILES string of the molecule is CC(=O)Nc1cc(N(CCCCS(=O)(=O)O)CCCCS(=O)(=O)O)ccc1N=Nc1c(C#N)c(C(C)(C)C)nn1-c1c(Cl)cc(Nc2cc(S(=O)(=O)O)cc(S(=O)(=O)O)c2)cc1Cl. The monoisotopic (exact) mass is 992 g/mol. The standard InChI is InChI=1S/C36H42Cl2N8O13S4/c1-22(47)40-32-19-25(45(11-5-7-13-60(48,49)50)12-6-8-14-61(51,52)53)9-10-31(32)42-43-35-28(21-39)34(36(2,3)4)44-46(35)33-29(37)17-24(18-30(33)38)41-23-15-26(62(54,55)56)20-27(16-23)63(57,58)59/h9-10,15-20,41H,5-8,11-14H2,1-4H3,(H,40,47)(H,48,49,50)(H,51,52,53)(H,54,55,56)(H,57,58,59). The van der Waals surface area contributed by atoms with Crippen LogP contribution < -0.4 is 15.5 Å². The van der Waals surface area contributed by atoms with Gasteiger partial charge >= 0.3 is 0 Å². The Hall–Kier alpha value is -4.75. The molecule has 27 heteroatoms. The summed E-state index contributed by atoms with van der Waals surface area (Å²) in [5.74, 6) is -1.61. The number of aromatic nitrogens is 2. The molecule has 1 heterocycles. The van der Waals surface area contributed by atoms with Crippen LogP contribution >= 0.6 is 23.2 Å². The Morgan fingerprint density at radius 2 is 1.30 bits per heavy atom. The number of amides is 1. The van der Waals surface area contributed by atoms with E-state index in [0.717, 1.165) is 12.1 Å². The van der Waals surface area contributed by atoms with Gasteiger partial charge in [-0.2, -0.15) is 44.0 Å². The van der Waals surface area contributed by atoms with Crippen LogP contribution in [0, 0.1) is 11.3 Å². The van der Waals surface area contributed by atoms with Gasteiger partial charge in [-0.25, -0.2) is 4.68 Å². The summed E-state index contributed by atoms with van der Waals surface area (Å²) in [6, 6.07) is 11.7. The van der Waals surface area contributed by atoms with Crippen molar-refractivity contribution in [3.8, 4) is 11.8 Å². The third-order valence-electron chi connectivity index (χ3n) is 8.75. The molecule has 0 fully saturated rings. The average Bonchev–Trinajstić information content (AvgIpc) is 3.50. The zero-order valence-corrected chi connectivity index (χ0v) is 38.6. The minimum absolute atomic E-state index is 0.00813. The van der Waals surface area contributed by atoms with Gasteiger partial charge in [-0.15, -0.1) is 10.2 Å². The molecule has 342 valence electrons. The number of carbonyl (C=O) groups is 1. The van der Waals surface area contributed by atoms with Crippen LogP contribution in [0.3, 0.4) is 0 Å². The molecular formula is C36H42Cl2N8O13S4. The van der Waals surface area contributed by atoms with Crippen molar-refractivity contribution in [1.82, 2.24) is 9.78 Å². The van der Waals surface area contributed by atoms with Gasteiger partial charge in [0.25, 0.3) is 40.5 Å². The Balaban J connectivity index is 1.81. The predicted molar refractivity (Wildman–Crippen MR) is 235 cm³/mol. The zero-order valence-electron chi connectivity index (χ0n) is 33.8. The summed E-state index contributed by atoms with van der Waals surface area (Å²) in [5, 5.41) is 29.0. The fraction of sp³-hybridized carbons (Fsp3) is 0.361. The van der Waals surface area contributed by atoms with Crippen molar-refractivity contribution in [3.63, 3.8) is 0 Å². The highest BCUT2D eigenvalue weighted by molar-refractivity contribution is 7.87. The van der Waals surface area contributed by atoms with Crippen LogP contribution in [0.5, 0.6) is 0 Å². The summed E-state index contributed by atoms with van der Waals surface area (Å²) >= 11 is 13.5. The van der Waals surface area contributed by atoms with E-state index in [1.165, 1.54) is 29.8 Å². The number of benzene rings is 3. The van der Waals surface area contributed by atoms with Crippen molar-refractivity contribution in [2.45, 2.75) is 68.6 Å². The molecule has 0 atom stereocenters. The highest BCUT2D eigenvalue weighted by Crippen LogP contribution is 2.41. The van der Waals surface area contributed by atoms with E-state index in [-0.39, 0.29) is 81.5 Å². The van der Waals surface area contributed by atoms with E-state index in [1.54, 1.807) is 37.8 Å². The molecule has 0 unspecified atom stereocenters. The van der Waals surface area contributed by atoms with Crippen LogP contribution in [0.15, 0.2) is 68.6 Å². The fourth-order valence-electron chi connectivity index (χ4n) is 5.98. The van der Waals surface area contributed by atoms with Gasteiger partial charge in [-0.1, -0.05) is 44.0 Å². The Bertz CT molecular complexity index is 2820. The molecule has 0 aliphatic carbocycles. The van der Waals surface area contributed by atoms with Crippen molar-refractivity contribution in [2.75, 3.05) is 40.1 Å². The first kappa shape index (κ1) is 50.9. The summed E-state index contributed by atoms with van der Waals surface area (Å²) in [7, 11) is -18.3. The van der Waals surface area contributed by atoms with Gasteiger partial charge in [-0.05, 0) is 74.2 Å². The number of unbranched alkanes of at least 4 members (excludes halogenated alkanes) is 2. The molecule has 1 aromatic heterocycles. The maximum absolute atomic E-state index is 12.4. The summed E-state index contributed by atoms with van der Waals surface area (Å²) in [6.45, 7) is 7.09. The molecule has 63 heavy (non-hydrogen) atoms. The second-order valence-electron chi connectivity index (χ2n) is 14.9. The van der Waals surface area contributed by atoms with Crippen LogP contribution in [0.4, 0.5) is 34.3 Å². The van der Waals surface area contributed by atoms with Gasteiger partial charge in [0.05, 0.1) is 42.7 Å². The van der Waals surface area contributed by atoms with Crippen molar-refractivity contribution >= 4 is 104 Å². The molecule has 0 aliphatic heterocycles. The molecule has 4 aromatic rings. The van der Waals surface area contributed by atoms with Crippen LogP contribution in [-0.4, -0.2) is 92.2 Å². The lowest BCUT2D eigenvalue weighted by molar-refractivity contribution is -0.114. The average molecular weight is 994 g/mol. The predicted octanol–water partition coefficient (Wildman–Crippen LogP) is 7.10. The number of anilines is 4. The van der Waals surface area contributed by atoms with Crippen molar-refractivity contribution < 1.29 is 56.7 Å². The minimum atomic E-state index is -4.93. The Morgan fingerprint density at radius 3 is 1.75 bits per heavy atom. The number of carbonyl (C=O) groups excluding carboxylic acids is 1. The van der Waals surface area contributed by atoms with Gasteiger partial charge in [0.15, 0.2) is 5.82 Å².